The van der Waals surface area contributed by atoms with Crippen LogP contribution < -0.4 is 25.8 Å². The van der Waals surface area contributed by atoms with Crippen molar-refractivity contribution in [2.24, 2.45) is 5.73 Å². The Morgan fingerprint density at radius 1 is 0.839 bits per heavy atom. The maximum absolute atomic E-state index is 12.4. The number of carbonyl (C=O) groups is 2. The highest BCUT2D eigenvalue weighted by Gasteiger charge is 2.13. The number of hydrogen-bond acceptors (Lipinski definition) is 5. The molecule has 3 aromatic carbocycles. The van der Waals surface area contributed by atoms with Gasteiger partial charge in [0, 0.05) is 16.9 Å². The predicted molar refractivity (Wildman–Crippen MR) is 121 cm³/mol. The van der Waals surface area contributed by atoms with Gasteiger partial charge in [-0.15, -0.1) is 0 Å². The molecule has 31 heavy (non-hydrogen) atoms. The maximum Gasteiger partial charge on any atom is 0.248 e. The van der Waals surface area contributed by atoms with Crippen molar-refractivity contribution in [2.45, 2.75) is 19.9 Å². The van der Waals surface area contributed by atoms with Crippen LogP contribution in [0.4, 0.5) is 11.4 Å². The molecule has 0 spiro atoms. The Morgan fingerprint density at radius 2 is 1.35 bits per heavy atom. The van der Waals surface area contributed by atoms with Crippen molar-refractivity contribution in [3.63, 3.8) is 0 Å². The Hall–Kier alpha value is -4.00. The van der Waals surface area contributed by atoms with E-state index in [0.717, 1.165) is 11.4 Å². The second kappa shape index (κ2) is 10.2. The molecule has 0 unspecified atom stereocenters. The lowest BCUT2D eigenvalue weighted by atomic mass is 10.2. The molecule has 4 N–H and O–H groups in total. The second-order valence-corrected chi connectivity index (χ2v) is 6.83. The summed E-state index contributed by atoms with van der Waals surface area (Å²) < 4.78 is 11.2. The van der Waals surface area contributed by atoms with Gasteiger partial charge in [0.1, 0.15) is 23.3 Å². The zero-order valence-corrected chi connectivity index (χ0v) is 17.4. The van der Waals surface area contributed by atoms with Gasteiger partial charge in [0.15, 0.2) is 0 Å². The highest BCUT2D eigenvalue weighted by molar-refractivity contribution is 5.97. The normalized spacial score (nSPS) is 11.3. The van der Waals surface area contributed by atoms with E-state index in [4.69, 9.17) is 15.2 Å². The van der Waals surface area contributed by atoms with Crippen LogP contribution in [0.25, 0.3) is 0 Å². The molecule has 0 aliphatic carbocycles. The molecular weight excluding hydrogens is 394 g/mol. The van der Waals surface area contributed by atoms with Crippen LogP contribution in [0.15, 0.2) is 72.8 Å². The third kappa shape index (κ3) is 6.24. The fraction of sp³-hybridized carbons (Fsp3) is 0.167. The smallest absolute Gasteiger partial charge is 0.248 e. The first kappa shape index (κ1) is 21.7. The molecule has 3 aromatic rings. The number of rotatable bonds is 9. The van der Waals surface area contributed by atoms with Crippen LogP contribution in [-0.2, 0) is 4.79 Å². The average molecular weight is 419 g/mol. The van der Waals surface area contributed by atoms with Crippen molar-refractivity contribution in [3.8, 4) is 17.2 Å². The van der Waals surface area contributed by atoms with Gasteiger partial charge >= 0.3 is 0 Å². The lowest BCUT2D eigenvalue weighted by Gasteiger charge is -2.16. The van der Waals surface area contributed by atoms with Crippen molar-refractivity contribution in [2.75, 3.05) is 17.2 Å². The first-order valence-corrected chi connectivity index (χ1v) is 9.92. The van der Waals surface area contributed by atoms with Crippen molar-refractivity contribution >= 4 is 23.2 Å². The zero-order valence-electron chi connectivity index (χ0n) is 17.4. The molecule has 2 amide bonds. The second-order valence-electron chi connectivity index (χ2n) is 6.83. The van der Waals surface area contributed by atoms with E-state index < -0.39 is 11.9 Å². The van der Waals surface area contributed by atoms with Gasteiger partial charge in [-0.3, -0.25) is 9.59 Å². The summed E-state index contributed by atoms with van der Waals surface area (Å²) >= 11 is 0. The Labute approximate surface area is 181 Å². The van der Waals surface area contributed by atoms with Gasteiger partial charge in [0.25, 0.3) is 0 Å². The Kier molecular flexibility index (Phi) is 7.11. The molecule has 0 heterocycles. The zero-order chi connectivity index (χ0) is 22.2. The number of carbonyl (C=O) groups excluding carboxylic acids is 2. The van der Waals surface area contributed by atoms with Gasteiger partial charge < -0.3 is 25.8 Å². The summed E-state index contributed by atoms with van der Waals surface area (Å²) in [6.45, 7) is 4.32. The van der Waals surface area contributed by atoms with Gasteiger partial charge in [-0.2, -0.15) is 0 Å². The molecule has 0 saturated carbocycles. The highest BCUT2D eigenvalue weighted by atomic mass is 16.5. The lowest BCUT2D eigenvalue weighted by Crippen LogP contribution is -2.31. The number of amides is 2. The van der Waals surface area contributed by atoms with E-state index in [-0.39, 0.29) is 5.91 Å². The molecule has 7 heteroatoms. The topological polar surface area (TPSA) is 103 Å². The predicted octanol–water partition coefficient (Wildman–Crippen LogP) is 4.42. The summed E-state index contributed by atoms with van der Waals surface area (Å²) in [6, 6.07) is 20.7. The van der Waals surface area contributed by atoms with Crippen LogP contribution >= 0.6 is 0 Å². The minimum Gasteiger partial charge on any atom is -0.494 e. The number of benzene rings is 3. The third-order valence-electron chi connectivity index (χ3n) is 4.44. The Morgan fingerprint density at radius 3 is 1.90 bits per heavy atom. The Bertz CT molecular complexity index is 1020. The van der Waals surface area contributed by atoms with E-state index in [0.29, 0.717) is 29.4 Å². The SMILES string of the molecule is CCOc1ccc(Oc2ccc(N[C@@H](C)C(=O)Nc3ccc(C(N)=O)cc3)cc2)cc1. The monoisotopic (exact) mass is 419 g/mol. The summed E-state index contributed by atoms with van der Waals surface area (Å²) in [4.78, 5) is 23.5. The molecule has 0 aromatic heterocycles. The number of ether oxygens (including phenoxy) is 2. The van der Waals surface area contributed by atoms with Crippen LogP contribution in [0.1, 0.15) is 24.2 Å². The summed E-state index contributed by atoms with van der Waals surface area (Å²) in [6.07, 6.45) is 0. The van der Waals surface area contributed by atoms with Gasteiger partial charge in [-0.1, -0.05) is 0 Å². The lowest BCUT2D eigenvalue weighted by molar-refractivity contribution is -0.116. The van der Waals surface area contributed by atoms with Crippen molar-refractivity contribution in [1.29, 1.82) is 0 Å². The molecule has 0 fully saturated rings. The van der Waals surface area contributed by atoms with E-state index in [9.17, 15) is 9.59 Å². The fourth-order valence-electron chi connectivity index (χ4n) is 2.81. The summed E-state index contributed by atoms with van der Waals surface area (Å²) in [5.74, 6) is 1.47. The van der Waals surface area contributed by atoms with Gasteiger partial charge in [-0.05, 0) is 86.6 Å². The number of anilines is 2. The molecule has 1 atom stereocenters. The molecule has 0 aliphatic heterocycles. The molecule has 0 saturated heterocycles. The van der Waals surface area contributed by atoms with E-state index >= 15 is 0 Å². The summed E-state index contributed by atoms with van der Waals surface area (Å²) in [5, 5.41) is 5.94. The number of hydrogen-bond donors (Lipinski definition) is 3. The molecule has 0 radical (unpaired) electrons. The summed E-state index contributed by atoms with van der Waals surface area (Å²) in [5.41, 5.74) is 6.97. The minimum atomic E-state index is -0.511. The number of nitrogens with two attached hydrogens (primary N) is 1. The third-order valence-corrected chi connectivity index (χ3v) is 4.44. The van der Waals surface area contributed by atoms with Crippen LogP contribution in [-0.4, -0.2) is 24.5 Å². The maximum atomic E-state index is 12.4. The largest absolute Gasteiger partial charge is 0.494 e. The van der Waals surface area contributed by atoms with Crippen molar-refractivity contribution in [3.05, 3.63) is 78.4 Å². The van der Waals surface area contributed by atoms with E-state index in [1.54, 1.807) is 31.2 Å². The molecule has 0 bridgehead atoms. The molecule has 160 valence electrons. The van der Waals surface area contributed by atoms with E-state index in [1.165, 1.54) is 0 Å². The first-order chi connectivity index (χ1) is 14.9. The highest BCUT2D eigenvalue weighted by Crippen LogP contribution is 2.25. The van der Waals surface area contributed by atoms with Gasteiger partial charge in [-0.25, -0.2) is 0 Å². The first-order valence-electron chi connectivity index (χ1n) is 9.92. The average Bonchev–Trinajstić information content (AvgIpc) is 2.77. The van der Waals surface area contributed by atoms with Crippen molar-refractivity contribution in [1.82, 2.24) is 0 Å². The minimum absolute atomic E-state index is 0.207. The van der Waals surface area contributed by atoms with Gasteiger partial charge in [0.2, 0.25) is 11.8 Å². The van der Waals surface area contributed by atoms with Crippen LogP contribution in [0.5, 0.6) is 17.2 Å². The molecule has 3 rings (SSSR count). The number of nitrogens with one attached hydrogen (secondary N) is 2. The summed E-state index contributed by atoms with van der Waals surface area (Å²) in [7, 11) is 0. The standard InChI is InChI=1S/C24H25N3O4/c1-3-30-20-12-14-22(15-13-20)31-21-10-8-18(9-11-21)26-16(2)24(29)27-19-6-4-17(5-7-19)23(25)28/h4-16,26H,3H2,1-2H3,(H2,25,28)(H,27,29)/t16-/m0/s1. The Balaban J connectivity index is 1.53. The fourth-order valence-corrected chi connectivity index (χ4v) is 2.81. The quantitative estimate of drug-likeness (QED) is 0.477. The van der Waals surface area contributed by atoms with E-state index in [1.807, 2.05) is 55.5 Å². The number of primary amides is 1. The molecule has 7 nitrogen and oxygen atoms in total. The van der Waals surface area contributed by atoms with E-state index in [2.05, 4.69) is 10.6 Å². The van der Waals surface area contributed by atoms with Crippen LogP contribution in [0.2, 0.25) is 0 Å². The molecular formula is C24H25N3O4. The van der Waals surface area contributed by atoms with Crippen LogP contribution in [0, 0.1) is 0 Å². The molecule has 0 aliphatic rings. The van der Waals surface area contributed by atoms with Crippen molar-refractivity contribution < 1.29 is 19.1 Å². The van der Waals surface area contributed by atoms with Crippen LogP contribution in [0.3, 0.4) is 0 Å². The van der Waals surface area contributed by atoms with Gasteiger partial charge in [0.05, 0.1) is 6.61 Å².